The van der Waals surface area contributed by atoms with Crippen LogP contribution in [0.15, 0.2) is 47.4 Å². The van der Waals surface area contributed by atoms with Crippen molar-refractivity contribution in [2.24, 2.45) is 5.73 Å². The molecule has 2 aromatic heterocycles. The molecule has 0 unspecified atom stereocenters. The zero-order chi connectivity index (χ0) is 16.4. The summed E-state index contributed by atoms with van der Waals surface area (Å²) >= 11 is 0. The number of pyridine rings is 1. The van der Waals surface area contributed by atoms with Crippen LogP contribution in [0.4, 0.5) is 5.69 Å². The van der Waals surface area contributed by atoms with E-state index in [0.717, 1.165) is 11.3 Å². The normalized spacial score (nSPS) is 10.8. The van der Waals surface area contributed by atoms with Crippen molar-refractivity contribution in [2.75, 3.05) is 11.9 Å². The van der Waals surface area contributed by atoms with E-state index in [1.807, 2.05) is 19.1 Å². The minimum Gasteiger partial charge on any atom is -0.383 e. The highest BCUT2D eigenvalue weighted by atomic mass is 16.2. The Hall–Kier alpha value is -3.09. The molecule has 7 nitrogen and oxygen atoms in total. The first-order valence-electron chi connectivity index (χ1n) is 7.25. The van der Waals surface area contributed by atoms with E-state index in [2.05, 4.69) is 10.4 Å². The third-order valence-electron chi connectivity index (χ3n) is 3.73. The zero-order valence-corrected chi connectivity index (χ0v) is 12.7. The molecular weight excluding hydrogens is 294 g/mol. The van der Waals surface area contributed by atoms with E-state index in [4.69, 9.17) is 5.73 Å². The lowest BCUT2D eigenvalue weighted by Gasteiger charge is -2.11. The second-order valence-corrected chi connectivity index (χ2v) is 5.20. The number of aromatic nitrogens is 3. The number of nitrogens with two attached hydrogens (primary N) is 1. The molecule has 0 saturated carbocycles. The average Bonchev–Trinajstić information content (AvgIpc) is 2.85. The number of primary amides is 1. The molecule has 1 amide bonds. The van der Waals surface area contributed by atoms with Gasteiger partial charge in [-0.3, -0.25) is 9.20 Å². The van der Waals surface area contributed by atoms with E-state index >= 15 is 0 Å². The number of fused-ring (bicyclic) bond motifs is 1. The van der Waals surface area contributed by atoms with Crippen molar-refractivity contribution in [1.82, 2.24) is 14.2 Å². The van der Waals surface area contributed by atoms with Crippen LogP contribution in [-0.2, 0) is 6.54 Å². The molecule has 0 fully saturated rings. The Balaban J connectivity index is 1.74. The number of anilines is 1. The van der Waals surface area contributed by atoms with Crippen molar-refractivity contribution in [1.29, 1.82) is 0 Å². The van der Waals surface area contributed by atoms with Crippen LogP contribution < -0.4 is 16.7 Å². The lowest BCUT2D eigenvalue weighted by atomic mass is 10.1. The number of benzene rings is 1. The van der Waals surface area contributed by atoms with Gasteiger partial charge in [-0.15, -0.1) is 5.10 Å². The maximum Gasteiger partial charge on any atom is 0.350 e. The summed E-state index contributed by atoms with van der Waals surface area (Å²) in [5.41, 5.74) is 7.88. The molecule has 0 aliphatic rings. The van der Waals surface area contributed by atoms with Crippen molar-refractivity contribution in [3.05, 3.63) is 64.2 Å². The van der Waals surface area contributed by atoms with Gasteiger partial charge in [0.15, 0.2) is 5.65 Å². The smallest absolute Gasteiger partial charge is 0.350 e. The van der Waals surface area contributed by atoms with Crippen molar-refractivity contribution in [2.45, 2.75) is 13.5 Å². The van der Waals surface area contributed by atoms with Gasteiger partial charge < -0.3 is 11.1 Å². The molecule has 0 aliphatic heterocycles. The number of nitrogens with one attached hydrogen (secondary N) is 1. The van der Waals surface area contributed by atoms with Crippen molar-refractivity contribution in [3.63, 3.8) is 0 Å². The molecule has 3 N–H and O–H groups in total. The molecule has 118 valence electrons. The van der Waals surface area contributed by atoms with Crippen molar-refractivity contribution < 1.29 is 4.79 Å². The minimum atomic E-state index is -0.456. The summed E-state index contributed by atoms with van der Waals surface area (Å²) in [5, 5.41) is 7.48. The molecule has 0 spiro atoms. The van der Waals surface area contributed by atoms with E-state index in [1.54, 1.807) is 30.5 Å². The van der Waals surface area contributed by atoms with E-state index in [1.165, 1.54) is 9.08 Å². The molecule has 3 rings (SSSR count). The van der Waals surface area contributed by atoms with E-state index in [9.17, 15) is 9.59 Å². The zero-order valence-electron chi connectivity index (χ0n) is 12.7. The number of carbonyl (C=O) groups excluding carboxylic acids is 1. The van der Waals surface area contributed by atoms with Crippen LogP contribution in [0.25, 0.3) is 5.65 Å². The molecule has 0 radical (unpaired) electrons. The third kappa shape index (κ3) is 2.80. The standard InChI is InChI=1S/C16H17N5O2/c1-11-12(15(17)22)5-4-6-13(11)18-8-10-21-16(23)20-9-3-2-7-14(20)19-21/h2-7,9,18H,8,10H2,1H3,(H2,17,22). The van der Waals surface area contributed by atoms with Gasteiger partial charge in [0.1, 0.15) is 0 Å². The predicted octanol–water partition coefficient (Wildman–Crippen LogP) is 1.02. The Kier molecular flexibility index (Phi) is 3.84. The molecule has 2 heterocycles. The molecule has 3 aromatic rings. The molecule has 0 saturated heterocycles. The maximum atomic E-state index is 12.2. The number of amides is 1. The summed E-state index contributed by atoms with van der Waals surface area (Å²) in [6, 6.07) is 10.7. The molecule has 0 aliphatic carbocycles. The SMILES string of the molecule is Cc1c(NCCn2nc3ccccn3c2=O)cccc1C(N)=O. The van der Waals surface area contributed by atoms with Gasteiger partial charge in [0.05, 0.1) is 6.54 Å². The highest BCUT2D eigenvalue weighted by Crippen LogP contribution is 2.18. The number of nitrogens with zero attached hydrogens (tertiary/aromatic N) is 3. The quantitative estimate of drug-likeness (QED) is 0.735. The Morgan fingerprint density at radius 1 is 1.26 bits per heavy atom. The Morgan fingerprint density at radius 3 is 2.83 bits per heavy atom. The number of rotatable bonds is 5. The lowest BCUT2D eigenvalue weighted by molar-refractivity contribution is 0.1000. The summed E-state index contributed by atoms with van der Waals surface area (Å²) in [6.45, 7) is 2.76. The van der Waals surface area contributed by atoms with Gasteiger partial charge in [0.25, 0.3) is 0 Å². The highest BCUT2D eigenvalue weighted by Gasteiger charge is 2.09. The summed E-state index contributed by atoms with van der Waals surface area (Å²) in [4.78, 5) is 23.5. The minimum absolute atomic E-state index is 0.176. The maximum absolute atomic E-state index is 12.2. The van der Waals surface area contributed by atoms with Gasteiger partial charge in [-0.1, -0.05) is 12.1 Å². The van der Waals surface area contributed by atoms with Crippen LogP contribution in [0.2, 0.25) is 0 Å². The number of hydrogen-bond acceptors (Lipinski definition) is 4. The molecular formula is C16H17N5O2. The largest absolute Gasteiger partial charge is 0.383 e. The van der Waals surface area contributed by atoms with Gasteiger partial charge in [-0.25, -0.2) is 9.48 Å². The molecule has 7 heteroatoms. The van der Waals surface area contributed by atoms with Gasteiger partial charge in [0.2, 0.25) is 5.91 Å². The van der Waals surface area contributed by atoms with E-state index in [-0.39, 0.29) is 5.69 Å². The third-order valence-corrected chi connectivity index (χ3v) is 3.73. The Bertz CT molecular complexity index is 926. The highest BCUT2D eigenvalue weighted by molar-refractivity contribution is 5.95. The average molecular weight is 311 g/mol. The molecule has 0 bridgehead atoms. The lowest BCUT2D eigenvalue weighted by Crippen LogP contribution is -2.24. The fourth-order valence-electron chi connectivity index (χ4n) is 2.50. The van der Waals surface area contributed by atoms with Gasteiger partial charge in [0, 0.05) is 24.0 Å². The van der Waals surface area contributed by atoms with Crippen LogP contribution in [0.5, 0.6) is 0 Å². The van der Waals surface area contributed by atoms with Crippen LogP contribution >= 0.6 is 0 Å². The van der Waals surface area contributed by atoms with Crippen molar-refractivity contribution in [3.8, 4) is 0 Å². The molecule has 0 atom stereocenters. The Morgan fingerprint density at radius 2 is 2.09 bits per heavy atom. The topological polar surface area (TPSA) is 94.4 Å². The summed E-state index contributed by atoms with van der Waals surface area (Å²) < 4.78 is 2.91. The number of hydrogen-bond donors (Lipinski definition) is 2. The van der Waals surface area contributed by atoms with Crippen LogP contribution in [0.1, 0.15) is 15.9 Å². The van der Waals surface area contributed by atoms with Gasteiger partial charge >= 0.3 is 5.69 Å². The summed E-state index contributed by atoms with van der Waals surface area (Å²) in [6.07, 6.45) is 1.69. The van der Waals surface area contributed by atoms with E-state index < -0.39 is 5.91 Å². The first-order valence-corrected chi connectivity index (χ1v) is 7.25. The Labute approximate surface area is 132 Å². The molecule has 23 heavy (non-hydrogen) atoms. The first-order chi connectivity index (χ1) is 11.1. The predicted molar refractivity (Wildman–Crippen MR) is 87.6 cm³/mol. The second-order valence-electron chi connectivity index (χ2n) is 5.20. The van der Waals surface area contributed by atoms with Crippen LogP contribution in [-0.4, -0.2) is 26.6 Å². The summed E-state index contributed by atoms with van der Waals surface area (Å²) in [5.74, 6) is -0.456. The van der Waals surface area contributed by atoms with Gasteiger partial charge in [-0.2, -0.15) is 0 Å². The van der Waals surface area contributed by atoms with Crippen LogP contribution in [0, 0.1) is 6.92 Å². The summed E-state index contributed by atoms with van der Waals surface area (Å²) in [7, 11) is 0. The fraction of sp³-hybridized carbons (Fsp3) is 0.188. The molecule has 1 aromatic carbocycles. The van der Waals surface area contributed by atoms with Crippen LogP contribution in [0.3, 0.4) is 0 Å². The monoisotopic (exact) mass is 311 g/mol. The first kappa shape index (κ1) is 14.8. The fourth-order valence-corrected chi connectivity index (χ4v) is 2.50. The van der Waals surface area contributed by atoms with Crippen molar-refractivity contribution >= 4 is 17.2 Å². The second kappa shape index (κ2) is 5.96. The van der Waals surface area contributed by atoms with E-state index in [0.29, 0.717) is 24.3 Å². The van der Waals surface area contributed by atoms with Gasteiger partial charge in [-0.05, 0) is 36.8 Å². The number of carbonyl (C=O) groups is 1.